The molecule has 1 aliphatic heterocycles. The van der Waals surface area contributed by atoms with Crippen molar-refractivity contribution in [3.63, 3.8) is 0 Å². The molecule has 1 aromatic rings. The van der Waals surface area contributed by atoms with Crippen molar-refractivity contribution in [2.75, 3.05) is 52.4 Å². The number of piperazine rings is 1. The third-order valence-corrected chi connectivity index (χ3v) is 4.48. The van der Waals surface area contributed by atoms with E-state index < -0.39 is 0 Å². The molecule has 0 saturated carbocycles. The van der Waals surface area contributed by atoms with E-state index in [1.807, 2.05) is 54.0 Å². The first-order chi connectivity index (χ1) is 12.5. The number of amides is 3. The zero-order valence-corrected chi connectivity index (χ0v) is 15.6. The van der Waals surface area contributed by atoms with E-state index in [0.29, 0.717) is 44.8 Å². The smallest absolute Gasteiger partial charge is 0.253 e. The molecule has 1 N–H and O–H groups in total. The van der Waals surface area contributed by atoms with Crippen LogP contribution in [0.25, 0.3) is 0 Å². The maximum Gasteiger partial charge on any atom is 0.253 e. The number of rotatable bonds is 7. The van der Waals surface area contributed by atoms with E-state index in [2.05, 4.69) is 5.32 Å². The van der Waals surface area contributed by atoms with Gasteiger partial charge in [-0.25, -0.2) is 0 Å². The molecule has 1 aliphatic rings. The second-order valence-electron chi connectivity index (χ2n) is 6.30. The standard InChI is InChI=1S/C19H28N4O3/c1-3-20-17(24)14-22(4-2)18(25)15-21-10-12-23(13-11-21)19(26)16-8-6-5-7-9-16/h5-9H,3-4,10-15H2,1-2H3,(H,20,24). The van der Waals surface area contributed by atoms with Gasteiger partial charge in [0.2, 0.25) is 11.8 Å². The molecule has 3 amide bonds. The first kappa shape index (κ1) is 19.9. The van der Waals surface area contributed by atoms with Crippen molar-refractivity contribution < 1.29 is 14.4 Å². The lowest BCUT2D eigenvalue weighted by atomic mass is 10.2. The monoisotopic (exact) mass is 360 g/mol. The number of benzene rings is 1. The van der Waals surface area contributed by atoms with Crippen LogP contribution < -0.4 is 5.32 Å². The van der Waals surface area contributed by atoms with Gasteiger partial charge in [-0.05, 0) is 26.0 Å². The fourth-order valence-electron chi connectivity index (χ4n) is 2.97. The minimum atomic E-state index is -0.138. The van der Waals surface area contributed by atoms with E-state index >= 15 is 0 Å². The van der Waals surface area contributed by atoms with Gasteiger partial charge in [0.1, 0.15) is 0 Å². The maximum atomic E-state index is 12.5. The average Bonchev–Trinajstić information content (AvgIpc) is 2.67. The molecule has 7 heteroatoms. The van der Waals surface area contributed by atoms with Crippen LogP contribution in [0.5, 0.6) is 0 Å². The highest BCUT2D eigenvalue weighted by molar-refractivity contribution is 5.94. The summed E-state index contributed by atoms with van der Waals surface area (Å²) in [5.41, 5.74) is 0.691. The van der Waals surface area contributed by atoms with E-state index in [9.17, 15) is 14.4 Å². The van der Waals surface area contributed by atoms with E-state index in [1.165, 1.54) is 0 Å². The summed E-state index contributed by atoms with van der Waals surface area (Å²) in [7, 11) is 0. The zero-order valence-electron chi connectivity index (χ0n) is 15.6. The van der Waals surface area contributed by atoms with Crippen LogP contribution in [0.15, 0.2) is 30.3 Å². The lowest BCUT2D eigenvalue weighted by molar-refractivity contribution is -0.137. The molecule has 0 atom stereocenters. The summed E-state index contributed by atoms with van der Waals surface area (Å²) in [4.78, 5) is 42.0. The van der Waals surface area contributed by atoms with Gasteiger partial charge in [0, 0.05) is 44.8 Å². The molecule has 0 bridgehead atoms. The fourth-order valence-corrected chi connectivity index (χ4v) is 2.97. The SMILES string of the molecule is CCNC(=O)CN(CC)C(=O)CN1CCN(C(=O)c2ccccc2)CC1. The predicted octanol–water partition coefficient (Wildman–Crippen LogP) is 0.429. The lowest BCUT2D eigenvalue weighted by Crippen LogP contribution is -2.52. The maximum absolute atomic E-state index is 12.5. The van der Waals surface area contributed by atoms with Crippen LogP contribution in [-0.4, -0.2) is 84.8 Å². The first-order valence-electron chi connectivity index (χ1n) is 9.16. The quantitative estimate of drug-likeness (QED) is 0.765. The van der Waals surface area contributed by atoms with Gasteiger partial charge in [0.15, 0.2) is 0 Å². The van der Waals surface area contributed by atoms with Gasteiger partial charge in [0.25, 0.3) is 5.91 Å². The van der Waals surface area contributed by atoms with Crippen LogP contribution in [0.4, 0.5) is 0 Å². The molecule has 1 saturated heterocycles. The lowest BCUT2D eigenvalue weighted by Gasteiger charge is -2.35. The topological polar surface area (TPSA) is 73.0 Å². The minimum Gasteiger partial charge on any atom is -0.355 e. The Morgan fingerprint density at radius 3 is 2.27 bits per heavy atom. The summed E-state index contributed by atoms with van der Waals surface area (Å²) in [6, 6.07) is 9.24. The number of carbonyl (C=O) groups excluding carboxylic acids is 3. The van der Waals surface area contributed by atoms with E-state index in [4.69, 9.17) is 0 Å². The Morgan fingerprint density at radius 1 is 1.04 bits per heavy atom. The summed E-state index contributed by atoms with van der Waals surface area (Å²) in [5, 5.41) is 2.71. The van der Waals surface area contributed by atoms with Crippen molar-refractivity contribution in [2.45, 2.75) is 13.8 Å². The van der Waals surface area contributed by atoms with E-state index in [1.54, 1.807) is 4.90 Å². The molecule has 7 nitrogen and oxygen atoms in total. The predicted molar refractivity (Wildman–Crippen MR) is 99.7 cm³/mol. The summed E-state index contributed by atoms with van der Waals surface area (Å²) in [5.74, 6) is -0.162. The highest BCUT2D eigenvalue weighted by atomic mass is 16.2. The molecule has 1 heterocycles. The third-order valence-electron chi connectivity index (χ3n) is 4.48. The highest BCUT2D eigenvalue weighted by Gasteiger charge is 2.25. The van der Waals surface area contributed by atoms with Crippen LogP contribution in [0.3, 0.4) is 0 Å². The molecule has 142 valence electrons. The number of likely N-dealkylation sites (N-methyl/N-ethyl adjacent to an activating group) is 2. The molecule has 0 unspecified atom stereocenters. The number of nitrogens with one attached hydrogen (secondary N) is 1. The summed E-state index contributed by atoms with van der Waals surface area (Å²) in [6.45, 7) is 7.67. The molecular weight excluding hydrogens is 332 g/mol. The summed E-state index contributed by atoms with van der Waals surface area (Å²) in [6.07, 6.45) is 0. The molecule has 1 fully saturated rings. The van der Waals surface area contributed by atoms with Crippen LogP contribution in [0, 0.1) is 0 Å². The van der Waals surface area contributed by atoms with Gasteiger partial charge in [-0.1, -0.05) is 18.2 Å². The Labute approximate surface area is 154 Å². The Morgan fingerprint density at radius 2 is 1.69 bits per heavy atom. The third kappa shape index (κ3) is 5.56. The van der Waals surface area contributed by atoms with Crippen LogP contribution >= 0.6 is 0 Å². The molecule has 0 aliphatic carbocycles. The number of hydrogen-bond donors (Lipinski definition) is 1. The van der Waals surface area contributed by atoms with E-state index in [-0.39, 0.29) is 30.8 Å². The van der Waals surface area contributed by atoms with Crippen molar-refractivity contribution in [3.05, 3.63) is 35.9 Å². The Bertz CT molecular complexity index is 612. The largest absolute Gasteiger partial charge is 0.355 e. The second-order valence-corrected chi connectivity index (χ2v) is 6.30. The zero-order chi connectivity index (χ0) is 18.9. The van der Waals surface area contributed by atoms with Gasteiger partial charge in [0.05, 0.1) is 13.1 Å². The number of hydrogen-bond acceptors (Lipinski definition) is 4. The summed E-state index contributed by atoms with van der Waals surface area (Å²) < 4.78 is 0. The number of nitrogens with zero attached hydrogens (tertiary/aromatic N) is 3. The normalized spacial score (nSPS) is 14.8. The van der Waals surface area contributed by atoms with Crippen molar-refractivity contribution in [2.24, 2.45) is 0 Å². The number of carbonyl (C=O) groups is 3. The van der Waals surface area contributed by atoms with Gasteiger partial charge in [-0.3, -0.25) is 19.3 Å². The molecular formula is C19H28N4O3. The Kier molecular flexibility index (Phi) is 7.59. The van der Waals surface area contributed by atoms with Crippen molar-refractivity contribution in [3.8, 4) is 0 Å². The second kappa shape index (κ2) is 9.91. The molecule has 2 rings (SSSR count). The van der Waals surface area contributed by atoms with Gasteiger partial charge in [-0.15, -0.1) is 0 Å². The minimum absolute atomic E-state index is 0.0306. The van der Waals surface area contributed by atoms with Crippen LogP contribution in [0.2, 0.25) is 0 Å². The van der Waals surface area contributed by atoms with Gasteiger partial charge < -0.3 is 15.1 Å². The van der Waals surface area contributed by atoms with Crippen molar-refractivity contribution in [1.82, 2.24) is 20.0 Å². The van der Waals surface area contributed by atoms with Crippen LogP contribution in [-0.2, 0) is 9.59 Å². The van der Waals surface area contributed by atoms with Gasteiger partial charge >= 0.3 is 0 Å². The van der Waals surface area contributed by atoms with Crippen LogP contribution in [0.1, 0.15) is 24.2 Å². The Hall–Kier alpha value is -2.41. The first-order valence-corrected chi connectivity index (χ1v) is 9.16. The molecule has 0 spiro atoms. The molecule has 1 aromatic carbocycles. The van der Waals surface area contributed by atoms with E-state index in [0.717, 1.165) is 0 Å². The average molecular weight is 360 g/mol. The molecule has 0 aromatic heterocycles. The Balaban J connectivity index is 1.81. The fraction of sp³-hybridized carbons (Fsp3) is 0.526. The molecule has 26 heavy (non-hydrogen) atoms. The van der Waals surface area contributed by atoms with Crippen molar-refractivity contribution >= 4 is 17.7 Å². The highest BCUT2D eigenvalue weighted by Crippen LogP contribution is 2.09. The summed E-state index contributed by atoms with van der Waals surface area (Å²) >= 11 is 0. The van der Waals surface area contributed by atoms with Crippen molar-refractivity contribution in [1.29, 1.82) is 0 Å². The molecule has 0 radical (unpaired) electrons. The van der Waals surface area contributed by atoms with Gasteiger partial charge in [-0.2, -0.15) is 0 Å².